The van der Waals surface area contributed by atoms with E-state index in [1.54, 1.807) is 0 Å². The van der Waals surface area contributed by atoms with Gasteiger partial charge in [0.25, 0.3) is 0 Å². The molecule has 15 heavy (non-hydrogen) atoms. The van der Waals surface area contributed by atoms with Crippen molar-refractivity contribution in [2.75, 3.05) is 6.54 Å². The number of nitriles is 1. The number of allylic oxidation sites excluding steroid dienone is 5. The van der Waals surface area contributed by atoms with Gasteiger partial charge in [0.2, 0.25) is 0 Å². The van der Waals surface area contributed by atoms with Gasteiger partial charge in [-0.1, -0.05) is 19.9 Å². The highest BCUT2D eigenvalue weighted by Gasteiger charge is 2.02. The van der Waals surface area contributed by atoms with Crippen LogP contribution in [0.5, 0.6) is 0 Å². The first-order valence-electron chi connectivity index (χ1n) is 5.50. The van der Waals surface area contributed by atoms with Gasteiger partial charge >= 0.3 is 0 Å². The molecule has 0 saturated carbocycles. The fraction of sp³-hybridized carbons (Fsp3) is 0.462. The maximum Gasteiger partial charge on any atom is 0.0991 e. The number of hydrogen-bond acceptors (Lipinski definition) is 2. The molecular weight excluding hydrogens is 184 g/mol. The number of nitrogens with one attached hydrogen (secondary N) is 1. The minimum atomic E-state index is 0.727. The maximum absolute atomic E-state index is 8.74. The molecule has 2 heteroatoms. The first-order valence-corrected chi connectivity index (χ1v) is 5.50. The summed E-state index contributed by atoms with van der Waals surface area (Å²) >= 11 is 0. The van der Waals surface area contributed by atoms with E-state index < -0.39 is 0 Å². The summed E-state index contributed by atoms with van der Waals surface area (Å²) in [5.41, 5.74) is 3.10. The van der Waals surface area contributed by atoms with Crippen LogP contribution in [0.1, 0.15) is 34.1 Å². The van der Waals surface area contributed by atoms with E-state index in [9.17, 15) is 0 Å². The average molecular weight is 204 g/mol. The molecule has 0 aromatic rings. The molecule has 1 aliphatic carbocycles. The standard InChI is InChI=1S/C11H14N2.C2H6/c1-3-13-11-6-4-5-10(8-12)7-9(11)2;1-2/h4-5,7,13H,3,6H2,1-2H3;1-2H3. The Morgan fingerprint density at radius 2 is 2.13 bits per heavy atom. The molecule has 0 saturated heterocycles. The minimum Gasteiger partial charge on any atom is -0.388 e. The average Bonchev–Trinajstić information content (AvgIpc) is 2.45. The summed E-state index contributed by atoms with van der Waals surface area (Å²) in [4.78, 5) is 0. The van der Waals surface area contributed by atoms with E-state index in [1.165, 1.54) is 5.70 Å². The molecule has 0 radical (unpaired) electrons. The van der Waals surface area contributed by atoms with Gasteiger partial charge in [0.15, 0.2) is 0 Å². The minimum absolute atomic E-state index is 0.727. The molecule has 1 rings (SSSR count). The Labute approximate surface area is 93.0 Å². The van der Waals surface area contributed by atoms with Gasteiger partial charge in [-0.05, 0) is 31.6 Å². The summed E-state index contributed by atoms with van der Waals surface area (Å²) < 4.78 is 0. The lowest BCUT2D eigenvalue weighted by Crippen LogP contribution is -2.12. The monoisotopic (exact) mass is 204 g/mol. The predicted molar refractivity (Wildman–Crippen MR) is 65.2 cm³/mol. The predicted octanol–water partition coefficient (Wildman–Crippen LogP) is 3.31. The van der Waals surface area contributed by atoms with Crippen molar-refractivity contribution in [3.63, 3.8) is 0 Å². The van der Waals surface area contributed by atoms with E-state index in [-0.39, 0.29) is 0 Å². The number of nitrogens with zero attached hydrogens (tertiary/aromatic N) is 1. The quantitative estimate of drug-likeness (QED) is 0.749. The van der Waals surface area contributed by atoms with Gasteiger partial charge in [0.1, 0.15) is 0 Å². The van der Waals surface area contributed by atoms with Crippen LogP contribution in [-0.4, -0.2) is 6.54 Å². The molecule has 2 nitrogen and oxygen atoms in total. The molecule has 0 heterocycles. The highest BCUT2D eigenvalue weighted by Crippen LogP contribution is 2.15. The Morgan fingerprint density at radius 3 is 2.67 bits per heavy atom. The molecule has 0 spiro atoms. The zero-order chi connectivity index (χ0) is 11.7. The third kappa shape index (κ3) is 4.51. The van der Waals surface area contributed by atoms with Crippen molar-refractivity contribution in [2.24, 2.45) is 0 Å². The molecule has 1 aliphatic rings. The van der Waals surface area contributed by atoms with Crippen molar-refractivity contribution >= 4 is 0 Å². The molecule has 0 unspecified atom stereocenters. The maximum atomic E-state index is 8.74. The van der Waals surface area contributed by atoms with E-state index in [0.29, 0.717) is 0 Å². The third-order valence-electron chi connectivity index (χ3n) is 1.99. The second kappa shape index (κ2) is 7.87. The molecule has 0 atom stereocenters. The van der Waals surface area contributed by atoms with E-state index in [1.807, 2.05) is 39.0 Å². The van der Waals surface area contributed by atoms with Crippen LogP contribution in [0, 0.1) is 11.3 Å². The van der Waals surface area contributed by atoms with Crippen molar-refractivity contribution in [3.05, 3.63) is 35.1 Å². The van der Waals surface area contributed by atoms with Crippen LogP contribution in [0.25, 0.3) is 0 Å². The van der Waals surface area contributed by atoms with Crippen molar-refractivity contribution in [1.82, 2.24) is 5.32 Å². The zero-order valence-corrected chi connectivity index (χ0v) is 10.1. The summed E-state index contributed by atoms with van der Waals surface area (Å²) in [6.45, 7) is 9.03. The molecule has 0 aromatic carbocycles. The largest absolute Gasteiger partial charge is 0.388 e. The zero-order valence-electron chi connectivity index (χ0n) is 10.1. The Balaban J connectivity index is 0.000000921. The highest BCUT2D eigenvalue weighted by atomic mass is 14.9. The van der Waals surface area contributed by atoms with E-state index in [4.69, 9.17) is 5.26 Å². The van der Waals surface area contributed by atoms with Crippen molar-refractivity contribution in [3.8, 4) is 6.07 Å². The topological polar surface area (TPSA) is 35.8 Å². The SMILES string of the molecule is CC.CCNC1=C(C)C=C(C#N)C=CC1. The van der Waals surface area contributed by atoms with Crippen molar-refractivity contribution in [1.29, 1.82) is 5.26 Å². The van der Waals surface area contributed by atoms with Gasteiger partial charge in [0.05, 0.1) is 11.6 Å². The molecular formula is C13H20N2. The van der Waals surface area contributed by atoms with Crippen LogP contribution >= 0.6 is 0 Å². The summed E-state index contributed by atoms with van der Waals surface area (Å²) in [7, 11) is 0. The second-order valence-electron chi connectivity index (χ2n) is 3.01. The first-order chi connectivity index (χ1) is 7.27. The fourth-order valence-electron chi connectivity index (χ4n) is 1.33. The molecule has 1 N–H and O–H groups in total. The lowest BCUT2D eigenvalue weighted by atomic mass is 10.1. The van der Waals surface area contributed by atoms with Gasteiger partial charge in [-0.2, -0.15) is 5.26 Å². The molecule has 0 aliphatic heterocycles. The van der Waals surface area contributed by atoms with Crippen molar-refractivity contribution < 1.29 is 0 Å². The van der Waals surface area contributed by atoms with Crippen molar-refractivity contribution in [2.45, 2.75) is 34.1 Å². The normalized spacial score (nSPS) is 14.5. The van der Waals surface area contributed by atoms with Crippen LogP contribution in [-0.2, 0) is 0 Å². The first kappa shape index (κ1) is 13.5. The van der Waals surface area contributed by atoms with Gasteiger partial charge < -0.3 is 5.32 Å². The van der Waals surface area contributed by atoms with Gasteiger partial charge in [-0.25, -0.2) is 0 Å². The number of hydrogen-bond donors (Lipinski definition) is 1. The highest BCUT2D eigenvalue weighted by molar-refractivity contribution is 5.43. The van der Waals surface area contributed by atoms with Crippen LogP contribution in [0.4, 0.5) is 0 Å². The second-order valence-corrected chi connectivity index (χ2v) is 3.01. The molecule has 0 amide bonds. The van der Waals surface area contributed by atoms with Crippen LogP contribution in [0.2, 0.25) is 0 Å². The smallest absolute Gasteiger partial charge is 0.0991 e. The summed E-state index contributed by atoms with van der Waals surface area (Å²) in [6.07, 6.45) is 6.69. The summed E-state index contributed by atoms with van der Waals surface area (Å²) in [5.74, 6) is 0. The Hall–Kier alpha value is -1.49. The van der Waals surface area contributed by atoms with E-state index in [2.05, 4.69) is 18.3 Å². The Morgan fingerprint density at radius 1 is 1.47 bits per heavy atom. The number of rotatable bonds is 2. The van der Waals surface area contributed by atoms with Gasteiger partial charge in [0, 0.05) is 18.7 Å². The summed E-state index contributed by atoms with van der Waals surface area (Å²) in [6, 6.07) is 2.15. The van der Waals surface area contributed by atoms with Gasteiger partial charge in [-0.15, -0.1) is 0 Å². The molecule has 0 aromatic heterocycles. The molecule has 0 fully saturated rings. The Bertz CT molecular complexity index is 314. The molecule has 0 bridgehead atoms. The van der Waals surface area contributed by atoms with Crippen LogP contribution in [0.3, 0.4) is 0 Å². The Kier molecular flexibility index (Phi) is 7.09. The van der Waals surface area contributed by atoms with E-state index in [0.717, 1.165) is 24.1 Å². The fourth-order valence-corrected chi connectivity index (χ4v) is 1.33. The lowest BCUT2D eigenvalue weighted by molar-refractivity contribution is 0.817. The summed E-state index contributed by atoms with van der Waals surface area (Å²) in [5, 5.41) is 12.0. The lowest BCUT2D eigenvalue weighted by Gasteiger charge is -2.07. The van der Waals surface area contributed by atoms with E-state index >= 15 is 0 Å². The third-order valence-corrected chi connectivity index (χ3v) is 1.99. The van der Waals surface area contributed by atoms with Crippen LogP contribution < -0.4 is 5.32 Å². The van der Waals surface area contributed by atoms with Gasteiger partial charge in [-0.3, -0.25) is 0 Å². The van der Waals surface area contributed by atoms with Crippen LogP contribution in [0.15, 0.2) is 35.1 Å². The molecule has 82 valence electrons.